The molecule has 0 aromatic heterocycles. The molecule has 7 nitrogen and oxygen atoms in total. The Balaban J connectivity index is 2.01. The van der Waals surface area contributed by atoms with Crippen molar-refractivity contribution in [3.63, 3.8) is 0 Å². The molecule has 0 saturated carbocycles. The Morgan fingerprint density at radius 2 is 2.08 bits per heavy atom. The highest BCUT2D eigenvalue weighted by atomic mass is 32.2. The van der Waals surface area contributed by atoms with Crippen LogP contribution in [0, 0.1) is 6.92 Å². The number of nitrogens with zero attached hydrogens (tertiary/aromatic N) is 1. The van der Waals surface area contributed by atoms with Crippen molar-refractivity contribution in [3.8, 4) is 5.75 Å². The zero-order chi connectivity index (χ0) is 17.7. The number of methoxy groups -OCH3 is 1. The third kappa shape index (κ3) is 4.93. The van der Waals surface area contributed by atoms with Crippen molar-refractivity contribution < 1.29 is 22.7 Å². The first-order valence-corrected chi connectivity index (χ1v) is 9.65. The summed E-state index contributed by atoms with van der Waals surface area (Å²) in [6.45, 7) is 2.56. The van der Waals surface area contributed by atoms with Gasteiger partial charge in [0.15, 0.2) is 6.61 Å². The third-order valence-electron chi connectivity index (χ3n) is 4.01. The second-order valence-corrected chi connectivity index (χ2v) is 7.73. The summed E-state index contributed by atoms with van der Waals surface area (Å²) in [7, 11) is -1.81. The van der Waals surface area contributed by atoms with E-state index in [1.54, 1.807) is 4.90 Å². The number of amides is 1. The maximum atomic E-state index is 12.5. The van der Waals surface area contributed by atoms with Gasteiger partial charge in [0, 0.05) is 19.7 Å². The lowest BCUT2D eigenvalue weighted by Gasteiger charge is -2.27. The van der Waals surface area contributed by atoms with E-state index in [9.17, 15) is 13.2 Å². The monoisotopic (exact) mass is 356 g/mol. The Hall–Kier alpha value is -1.64. The molecule has 1 aliphatic rings. The molecule has 2 atom stereocenters. The molecule has 1 aromatic rings. The molecule has 1 fully saturated rings. The SMILES string of the molecule is COC[C@H]1[C@@H](NS(C)(=O)=O)CCN1C(=O)COc1ccccc1C. The van der Waals surface area contributed by atoms with Gasteiger partial charge >= 0.3 is 0 Å². The highest BCUT2D eigenvalue weighted by Gasteiger charge is 2.38. The lowest BCUT2D eigenvalue weighted by atomic mass is 10.1. The molecule has 0 aliphatic carbocycles. The summed E-state index contributed by atoms with van der Waals surface area (Å²) < 4.78 is 36.3. The lowest BCUT2D eigenvalue weighted by Crippen LogP contribution is -2.49. The number of nitrogens with one attached hydrogen (secondary N) is 1. The lowest BCUT2D eigenvalue weighted by molar-refractivity contribution is -0.135. The molecule has 0 radical (unpaired) electrons. The van der Waals surface area contributed by atoms with E-state index in [4.69, 9.17) is 9.47 Å². The number of likely N-dealkylation sites (tertiary alicyclic amines) is 1. The van der Waals surface area contributed by atoms with Crippen LogP contribution in [-0.4, -0.2) is 64.4 Å². The van der Waals surface area contributed by atoms with Gasteiger partial charge in [-0.05, 0) is 25.0 Å². The number of sulfonamides is 1. The number of carbonyl (C=O) groups is 1. The molecule has 0 bridgehead atoms. The summed E-state index contributed by atoms with van der Waals surface area (Å²) >= 11 is 0. The molecule has 8 heteroatoms. The summed E-state index contributed by atoms with van der Waals surface area (Å²) in [4.78, 5) is 14.1. The van der Waals surface area contributed by atoms with E-state index in [0.717, 1.165) is 11.8 Å². The Morgan fingerprint density at radius 1 is 1.38 bits per heavy atom. The van der Waals surface area contributed by atoms with E-state index >= 15 is 0 Å². The minimum Gasteiger partial charge on any atom is -0.484 e. The maximum Gasteiger partial charge on any atom is 0.260 e. The van der Waals surface area contributed by atoms with Crippen LogP contribution in [0.4, 0.5) is 0 Å². The second kappa shape index (κ2) is 7.96. The van der Waals surface area contributed by atoms with Gasteiger partial charge in [0.1, 0.15) is 5.75 Å². The van der Waals surface area contributed by atoms with Crippen molar-refractivity contribution in [2.24, 2.45) is 0 Å². The molecule has 1 heterocycles. The molecule has 134 valence electrons. The first-order valence-electron chi connectivity index (χ1n) is 7.76. The number of para-hydroxylation sites is 1. The predicted molar refractivity (Wildman–Crippen MR) is 90.4 cm³/mol. The van der Waals surface area contributed by atoms with Gasteiger partial charge in [-0.3, -0.25) is 4.79 Å². The summed E-state index contributed by atoms with van der Waals surface area (Å²) in [5.74, 6) is 0.484. The van der Waals surface area contributed by atoms with Crippen LogP contribution in [0.3, 0.4) is 0 Å². The number of hydrogen-bond acceptors (Lipinski definition) is 5. The molecule has 0 unspecified atom stereocenters. The number of aryl methyl sites for hydroxylation is 1. The fourth-order valence-electron chi connectivity index (χ4n) is 2.89. The zero-order valence-corrected chi connectivity index (χ0v) is 15.0. The Morgan fingerprint density at radius 3 is 2.71 bits per heavy atom. The van der Waals surface area contributed by atoms with Crippen molar-refractivity contribution in [1.29, 1.82) is 0 Å². The highest BCUT2D eigenvalue weighted by Crippen LogP contribution is 2.21. The van der Waals surface area contributed by atoms with Crippen molar-refractivity contribution in [1.82, 2.24) is 9.62 Å². The summed E-state index contributed by atoms with van der Waals surface area (Å²) in [5.41, 5.74) is 0.955. The van der Waals surface area contributed by atoms with Crippen LogP contribution in [0.1, 0.15) is 12.0 Å². The van der Waals surface area contributed by atoms with E-state index in [1.807, 2.05) is 31.2 Å². The molecular formula is C16H24N2O5S. The van der Waals surface area contributed by atoms with E-state index in [0.29, 0.717) is 18.7 Å². The molecule has 1 aliphatic heterocycles. The topological polar surface area (TPSA) is 84.9 Å². The standard InChI is InChI=1S/C16H24N2O5S/c1-12-6-4-5-7-15(12)23-11-16(19)18-9-8-13(14(18)10-22-2)17-24(3,20)21/h4-7,13-14,17H,8-11H2,1-3H3/t13-,14-/m0/s1. The van der Waals surface area contributed by atoms with Crippen molar-refractivity contribution >= 4 is 15.9 Å². The van der Waals surface area contributed by atoms with Crippen molar-refractivity contribution in [3.05, 3.63) is 29.8 Å². The van der Waals surface area contributed by atoms with Crippen LogP contribution < -0.4 is 9.46 Å². The van der Waals surface area contributed by atoms with Gasteiger partial charge in [-0.2, -0.15) is 0 Å². The average molecular weight is 356 g/mol. The van der Waals surface area contributed by atoms with Gasteiger partial charge in [0.05, 0.1) is 18.9 Å². The van der Waals surface area contributed by atoms with Crippen LogP contribution in [0.5, 0.6) is 5.75 Å². The number of hydrogen-bond donors (Lipinski definition) is 1. The largest absolute Gasteiger partial charge is 0.484 e. The number of rotatable bonds is 7. The smallest absolute Gasteiger partial charge is 0.260 e. The first kappa shape index (κ1) is 18.7. The fraction of sp³-hybridized carbons (Fsp3) is 0.562. The maximum absolute atomic E-state index is 12.5. The molecule has 24 heavy (non-hydrogen) atoms. The zero-order valence-electron chi connectivity index (χ0n) is 14.2. The average Bonchev–Trinajstić information content (AvgIpc) is 2.87. The van der Waals surface area contributed by atoms with E-state index in [-0.39, 0.29) is 31.2 Å². The van der Waals surface area contributed by atoms with Crippen molar-refractivity contribution in [2.45, 2.75) is 25.4 Å². The highest BCUT2D eigenvalue weighted by molar-refractivity contribution is 7.88. The quantitative estimate of drug-likeness (QED) is 0.771. The minimum absolute atomic E-state index is 0.0866. The second-order valence-electron chi connectivity index (χ2n) is 5.95. The number of ether oxygens (including phenoxy) is 2. The molecular weight excluding hydrogens is 332 g/mol. The normalized spacial score (nSPS) is 21.0. The van der Waals surface area contributed by atoms with E-state index < -0.39 is 10.0 Å². The summed E-state index contributed by atoms with van der Waals surface area (Å²) in [5, 5.41) is 0. The summed E-state index contributed by atoms with van der Waals surface area (Å²) in [6, 6.07) is 6.80. The molecule has 0 spiro atoms. The van der Waals surface area contributed by atoms with Gasteiger partial charge in [-0.25, -0.2) is 13.1 Å². The Bertz CT molecular complexity index is 677. The van der Waals surface area contributed by atoms with Crippen molar-refractivity contribution in [2.75, 3.05) is 33.1 Å². The van der Waals surface area contributed by atoms with Crippen LogP contribution in [0.2, 0.25) is 0 Å². The van der Waals surface area contributed by atoms with E-state index in [2.05, 4.69) is 4.72 Å². The van der Waals surface area contributed by atoms with Crippen LogP contribution in [-0.2, 0) is 19.6 Å². The van der Waals surface area contributed by atoms with Crippen LogP contribution in [0.25, 0.3) is 0 Å². The van der Waals surface area contributed by atoms with Gasteiger partial charge < -0.3 is 14.4 Å². The van der Waals surface area contributed by atoms with Gasteiger partial charge in [0.2, 0.25) is 10.0 Å². The fourth-order valence-corrected chi connectivity index (χ4v) is 3.72. The van der Waals surface area contributed by atoms with E-state index in [1.165, 1.54) is 7.11 Å². The minimum atomic E-state index is -3.34. The molecule has 2 rings (SSSR count). The van der Waals surface area contributed by atoms with Gasteiger partial charge in [-0.1, -0.05) is 18.2 Å². The third-order valence-corrected chi connectivity index (χ3v) is 4.74. The van der Waals surface area contributed by atoms with Gasteiger partial charge in [-0.15, -0.1) is 0 Å². The van der Waals surface area contributed by atoms with Crippen LogP contribution in [0.15, 0.2) is 24.3 Å². The predicted octanol–water partition coefficient (Wildman–Crippen LogP) is 0.539. The number of benzene rings is 1. The number of carbonyl (C=O) groups excluding carboxylic acids is 1. The Labute approximate surface area is 143 Å². The molecule has 1 N–H and O–H groups in total. The van der Waals surface area contributed by atoms with Crippen LogP contribution >= 0.6 is 0 Å². The Kier molecular flexibility index (Phi) is 6.20. The molecule has 1 aromatic carbocycles. The van der Waals surface area contributed by atoms with Gasteiger partial charge in [0.25, 0.3) is 5.91 Å². The molecule has 1 amide bonds. The molecule has 1 saturated heterocycles. The summed E-state index contributed by atoms with van der Waals surface area (Å²) in [6.07, 6.45) is 1.67. The first-order chi connectivity index (χ1) is 11.3.